The van der Waals surface area contributed by atoms with Gasteiger partial charge in [-0.15, -0.1) is 0 Å². The molecule has 0 saturated carbocycles. The molecule has 0 aliphatic carbocycles. The molecule has 0 amide bonds. The van der Waals surface area contributed by atoms with E-state index < -0.39 is 0 Å². The standard InChI is InChI=1S/C16H17Br2N/c1-10-4-5-13(8-15(10)17)9-19-14-6-11(2)16(18)12(3)7-14/h4-8,19H,9H2,1-3H3. The fourth-order valence-corrected chi connectivity index (χ4v) is 2.65. The SMILES string of the molecule is Cc1ccc(CNc2cc(C)c(Br)c(C)c2)cc1Br. The lowest BCUT2D eigenvalue weighted by Gasteiger charge is -2.11. The van der Waals surface area contributed by atoms with Crippen LogP contribution < -0.4 is 5.32 Å². The van der Waals surface area contributed by atoms with Crippen LogP contribution in [-0.4, -0.2) is 0 Å². The van der Waals surface area contributed by atoms with Crippen LogP contribution in [0.3, 0.4) is 0 Å². The third kappa shape index (κ3) is 3.61. The van der Waals surface area contributed by atoms with Gasteiger partial charge < -0.3 is 5.32 Å². The molecule has 1 N–H and O–H groups in total. The Hall–Kier alpha value is -0.800. The lowest BCUT2D eigenvalue weighted by molar-refractivity contribution is 1.13. The molecule has 2 aromatic rings. The molecule has 1 nitrogen and oxygen atoms in total. The molecule has 0 unspecified atom stereocenters. The summed E-state index contributed by atoms with van der Waals surface area (Å²) in [5.41, 5.74) is 6.21. The molecule has 0 atom stereocenters. The van der Waals surface area contributed by atoms with Crippen molar-refractivity contribution in [3.8, 4) is 0 Å². The van der Waals surface area contributed by atoms with Gasteiger partial charge in [-0.2, -0.15) is 0 Å². The quantitative estimate of drug-likeness (QED) is 0.712. The van der Waals surface area contributed by atoms with Crippen LogP contribution in [0.15, 0.2) is 39.3 Å². The van der Waals surface area contributed by atoms with Crippen LogP contribution in [0.5, 0.6) is 0 Å². The second-order valence-corrected chi connectivity index (χ2v) is 6.51. The third-order valence-corrected chi connectivity index (χ3v) is 5.27. The number of hydrogen-bond acceptors (Lipinski definition) is 1. The van der Waals surface area contributed by atoms with Gasteiger partial charge in [0.25, 0.3) is 0 Å². The Morgan fingerprint density at radius 2 is 1.53 bits per heavy atom. The van der Waals surface area contributed by atoms with E-state index in [1.807, 2.05) is 0 Å². The van der Waals surface area contributed by atoms with Crippen LogP contribution in [0.25, 0.3) is 0 Å². The molecule has 0 radical (unpaired) electrons. The van der Waals surface area contributed by atoms with Gasteiger partial charge in [-0.25, -0.2) is 0 Å². The molecule has 0 aromatic heterocycles. The van der Waals surface area contributed by atoms with E-state index in [9.17, 15) is 0 Å². The van der Waals surface area contributed by atoms with Crippen LogP contribution >= 0.6 is 31.9 Å². The predicted molar refractivity (Wildman–Crippen MR) is 89.8 cm³/mol. The summed E-state index contributed by atoms with van der Waals surface area (Å²) >= 11 is 7.16. The number of nitrogens with one attached hydrogen (secondary N) is 1. The van der Waals surface area contributed by atoms with E-state index in [4.69, 9.17) is 0 Å². The summed E-state index contributed by atoms with van der Waals surface area (Å²) in [4.78, 5) is 0. The third-order valence-electron chi connectivity index (χ3n) is 3.17. The molecule has 0 aliphatic heterocycles. The van der Waals surface area contributed by atoms with Crippen molar-refractivity contribution in [2.45, 2.75) is 27.3 Å². The smallest absolute Gasteiger partial charge is 0.0401 e. The van der Waals surface area contributed by atoms with Gasteiger partial charge in [-0.1, -0.05) is 44.0 Å². The van der Waals surface area contributed by atoms with Crippen molar-refractivity contribution < 1.29 is 0 Å². The molecule has 0 fully saturated rings. The van der Waals surface area contributed by atoms with Crippen LogP contribution in [0.2, 0.25) is 0 Å². The first kappa shape index (κ1) is 14.6. The van der Waals surface area contributed by atoms with Gasteiger partial charge in [0.05, 0.1) is 0 Å². The van der Waals surface area contributed by atoms with Crippen molar-refractivity contribution in [3.63, 3.8) is 0 Å². The van der Waals surface area contributed by atoms with Gasteiger partial charge in [-0.05, 0) is 61.2 Å². The minimum absolute atomic E-state index is 0.833. The molecule has 2 rings (SSSR count). The van der Waals surface area contributed by atoms with Crippen LogP contribution in [0.1, 0.15) is 22.3 Å². The van der Waals surface area contributed by atoms with E-state index in [0.29, 0.717) is 0 Å². The van der Waals surface area contributed by atoms with Crippen molar-refractivity contribution in [2.24, 2.45) is 0 Å². The average Bonchev–Trinajstić information content (AvgIpc) is 2.37. The van der Waals surface area contributed by atoms with Crippen LogP contribution in [-0.2, 0) is 6.54 Å². The average molecular weight is 383 g/mol. The Kier molecular flexibility index (Phi) is 4.69. The first-order valence-electron chi connectivity index (χ1n) is 6.23. The summed E-state index contributed by atoms with van der Waals surface area (Å²) in [5, 5.41) is 3.47. The van der Waals surface area contributed by atoms with Gasteiger partial charge in [0.1, 0.15) is 0 Å². The maximum absolute atomic E-state index is 3.59. The van der Waals surface area contributed by atoms with Crippen molar-refractivity contribution in [2.75, 3.05) is 5.32 Å². The first-order chi connectivity index (χ1) is 8.97. The molecule has 0 spiro atoms. The summed E-state index contributed by atoms with van der Waals surface area (Å²) in [6.45, 7) is 7.16. The Balaban J connectivity index is 2.12. The van der Waals surface area contributed by atoms with Crippen molar-refractivity contribution in [1.82, 2.24) is 0 Å². The Bertz CT molecular complexity index is 583. The Labute approximate surface area is 131 Å². The lowest BCUT2D eigenvalue weighted by Crippen LogP contribution is -2.00. The zero-order valence-electron chi connectivity index (χ0n) is 11.3. The highest BCUT2D eigenvalue weighted by molar-refractivity contribution is 9.10. The Morgan fingerprint density at radius 1 is 0.895 bits per heavy atom. The fraction of sp³-hybridized carbons (Fsp3) is 0.250. The summed E-state index contributed by atoms with van der Waals surface area (Å²) in [7, 11) is 0. The molecule has 3 heteroatoms. The zero-order valence-corrected chi connectivity index (χ0v) is 14.5. The number of anilines is 1. The highest BCUT2D eigenvalue weighted by Gasteiger charge is 2.03. The molecule has 100 valence electrons. The summed E-state index contributed by atoms with van der Waals surface area (Å²) < 4.78 is 2.35. The topological polar surface area (TPSA) is 12.0 Å². The lowest BCUT2D eigenvalue weighted by atomic mass is 10.1. The maximum atomic E-state index is 3.59. The molecule has 2 aromatic carbocycles. The second-order valence-electron chi connectivity index (χ2n) is 4.86. The summed E-state index contributed by atoms with van der Waals surface area (Å²) in [6.07, 6.45) is 0. The molecule has 0 bridgehead atoms. The zero-order chi connectivity index (χ0) is 14.0. The molecular weight excluding hydrogens is 366 g/mol. The van der Waals surface area contributed by atoms with Crippen molar-refractivity contribution >= 4 is 37.5 Å². The molecular formula is C16H17Br2N. The van der Waals surface area contributed by atoms with E-state index >= 15 is 0 Å². The van der Waals surface area contributed by atoms with Crippen LogP contribution in [0.4, 0.5) is 5.69 Å². The number of halogens is 2. The Morgan fingerprint density at radius 3 is 2.11 bits per heavy atom. The predicted octanol–water partition coefficient (Wildman–Crippen LogP) is 5.75. The number of rotatable bonds is 3. The van der Waals surface area contributed by atoms with E-state index in [0.717, 1.165) is 16.7 Å². The van der Waals surface area contributed by atoms with Gasteiger partial charge >= 0.3 is 0 Å². The van der Waals surface area contributed by atoms with Crippen molar-refractivity contribution in [1.29, 1.82) is 0 Å². The molecule has 19 heavy (non-hydrogen) atoms. The van der Waals surface area contributed by atoms with Gasteiger partial charge in [-0.3, -0.25) is 0 Å². The van der Waals surface area contributed by atoms with Crippen molar-refractivity contribution in [3.05, 3.63) is 61.5 Å². The highest BCUT2D eigenvalue weighted by atomic mass is 79.9. The van der Waals surface area contributed by atoms with Gasteiger partial charge in [0, 0.05) is 21.2 Å². The summed E-state index contributed by atoms with van der Waals surface area (Å²) in [5.74, 6) is 0. The monoisotopic (exact) mass is 381 g/mol. The van der Waals surface area contributed by atoms with E-state index in [-0.39, 0.29) is 0 Å². The van der Waals surface area contributed by atoms with E-state index in [2.05, 4.69) is 88.3 Å². The van der Waals surface area contributed by atoms with E-state index in [1.54, 1.807) is 0 Å². The second kappa shape index (κ2) is 6.10. The molecule has 0 heterocycles. The van der Waals surface area contributed by atoms with E-state index in [1.165, 1.54) is 26.7 Å². The molecule has 0 saturated heterocycles. The molecule has 0 aliphatic rings. The number of benzene rings is 2. The first-order valence-corrected chi connectivity index (χ1v) is 7.81. The largest absolute Gasteiger partial charge is 0.381 e. The minimum Gasteiger partial charge on any atom is -0.381 e. The fourth-order valence-electron chi connectivity index (χ4n) is 2.00. The number of aryl methyl sites for hydroxylation is 3. The summed E-state index contributed by atoms with van der Waals surface area (Å²) in [6, 6.07) is 10.8. The normalized spacial score (nSPS) is 10.6. The van der Waals surface area contributed by atoms with Gasteiger partial charge in [0.15, 0.2) is 0 Å². The van der Waals surface area contributed by atoms with Gasteiger partial charge in [0.2, 0.25) is 0 Å². The number of hydrogen-bond donors (Lipinski definition) is 1. The highest BCUT2D eigenvalue weighted by Crippen LogP contribution is 2.25. The van der Waals surface area contributed by atoms with Crippen LogP contribution in [0, 0.1) is 20.8 Å². The minimum atomic E-state index is 0.833. The maximum Gasteiger partial charge on any atom is 0.0401 e.